The molecule has 0 aromatic heterocycles. The van der Waals surface area contributed by atoms with E-state index >= 15 is 0 Å². The molecule has 1 aromatic rings. The van der Waals surface area contributed by atoms with Crippen LogP contribution in [-0.2, 0) is 0 Å². The summed E-state index contributed by atoms with van der Waals surface area (Å²) in [6.45, 7) is 5.09. The van der Waals surface area contributed by atoms with Crippen molar-refractivity contribution >= 4 is 17.3 Å². The monoisotopic (exact) mass is 242 g/mol. The van der Waals surface area contributed by atoms with Gasteiger partial charge in [-0.25, -0.2) is 0 Å². The van der Waals surface area contributed by atoms with E-state index in [1.54, 1.807) is 7.11 Å². The summed E-state index contributed by atoms with van der Waals surface area (Å²) in [6, 6.07) is 5.68. The van der Waals surface area contributed by atoms with Crippen LogP contribution in [0.15, 0.2) is 18.2 Å². The van der Waals surface area contributed by atoms with E-state index in [1.165, 1.54) is 0 Å². The number of hydrogen-bond acceptors (Lipinski definition) is 3. The molecule has 0 aliphatic carbocycles. The van der Waals surface area contributed by atoms with E-state index in [9.17, 15) is 0 Å². The minimum Gasteiger partial charge on any atom is -0.495 e. The Morgan fingerprint density at radius 1 is 1.38 bits per heavy atom. The normalized spacial score (nSPS) is 11.3. The number of benzene rings is 1. The Morgan fingerprint density at radius 2 is 2.06 bits per heavy atom. The van der Waals surface area contributed by atoms with Crippen molar-refractivity contribution in [1.29, 1.82) is 0 Å². The summed E-state index contributed by atoms with van der Waals surface area (Å²) in [5, 5.41) is 7.17. The van der Waals surface area contributed by atoms with E-state index in [-0.39, 0.29) is 5.54 Å². The lowest BCUT2D eigenvalue weighted by molar-refractivity contribution is 0.415. The molecule has 0 unspecified atom stereocenters. The predicted molar refractivity (Wildman–Crippen MR) is 69.6 cm³/mol. The van der Waals surface area contributed by atoms with Crippen LogP contribution in [0.3, 0.4) is 0 Å². The van der Waals surface area contributed by atoms with Crippen LogP contribution in [0.1, 0.15) is 13.8 Å². The van der Waals surface area contributed by atoms with Gasteiger partial charge in [-0.05, 0) is 39.1 Å². The Morgan fingerprint density at radius 3 is 2.56 bits per heavy atom. The molecule has 0 atom stereocenters. The zero-order valence-corrected chi connectivity index (χ0v) is 11.0. The number of likely N-dealkylation sites (N-methyl/N-ethyl adjacent to an activating group) is 1. The zero-order valence-electron chi connectivity index (χ0n) is 10.2. The van der Waals surface area contributed by atoms with Gasteiger partial charge in [-0.1, -0.05) is 11.6 Å². The molecule has 0 fully saturated rings. The van der Waals surface area contributed by atoms with Gasteiger partial charge in [-0.3, -0.25) is 0 Å². The molecule has 0 aliphatic heterocycles. The van der Waals surface area contributed by atoms with E-state index in [2.05, 4.69) is 24.5 Å². The van der Waals surface area contributed by atoms with Crippen LogP contribution in [-0.4, -0.2) is 26.2 Å². The van der Waals surface area contributed by atoms with E-state index in [0.717, 1.165) is 12.2 Å². The Balaban J connectivity index is 2.65. The average Bonchev–Trinajstić information content (AvgIpc) is 2.27. The lowest BCUT2D eigenvalue weighted by Gasteiger charge is -2.25. The summed E-state index contributed by atoms with van der Waals surface area (Å²) in [5.41, 5.74) is 1.04. The Hall–Kier alpha value is -0.930. The molecular weight excluding hydrogens is 224 g/mol. The summed E-state index contributed by atoms with van der Waals surface area (Å²) in [4.78, 5) is 0. The standard InChI is InChI=1S/C12H19ClN2O/c1-12(2,14-3)8-15-9-5-6-11(16-4)10(13)7-9/h5-7,14-15H,8H2,1-4H3. The van der Waals surface area contributed by atoms with Crippen LogP contribution >= 0.6 is 11.6 Å². The maximum atomic E-state index is 6.03. The topological polar surface area (TPSA) is 33.3 Å². The van der Waals surface area contributed by atoms with Crippen molar-refractivity contribution in [1.82, 2.24) is 5.32 Å². The molecule has 0 bridgehead atoms. The summed E-state index contributed by atoms with van der Waals surface area (Å²) in [7, 11) is 3.56. The quantitative estimate of drug-likeness (QED) is 0.833. The predicted octanol–water partition coefficient (Wildman–Crippen LogP) is 2.76. The maximum absolute atomic E-state index is 6.03. The number of nitrogens with one attached hydrogen (secondary N) is 2. The fourth-order valence-electron chi connectivity index (χ4n) is 1.19. The summed E-state index contributed by atoms with van der Waals surface area (Å²) < 4.78 is 5.09. The first-order valence-electron chi connectivity index (χ1n) is 5.25. The second-order valence-electron chi connectivity index (χ2n) is 4.34. The molecule has 0 amide bonds. The van der Waals surface area contributed by atoms with Crippen LogP contribution in [0.25, 0.3) is 0 Å². The number of halogens is 1. The van der Waals surface area contributed by atoms with Gasteiger partial charge in [0, 0.05) is 17.8 Å². The first-order chi connectivity index (χ1) is 7.48. The third kappa shape index (κ3) is 3.58. The van der Waals surface area contributed by atoms with E-state index in [4.69, 9.17) is 16.3 Å². The maximum Gasteiger partial charge on any atom is 0.137 e. The summed E-state index contributed by atoms with van der Waals surface area (Å²) >= 11 is 6.03. The van der Waals surface area contributed by atoms with Crippen molar-refractivity contribution in [2.75, 3.05) is 26.0 Å². The van der Waals surface area contributed by atoms with Gasteiger partial charge in [0.1, 0.15) is 5.75 Å². The largest absolute Gasteiger partial charge is 0.495 e. The highest BCUT2D eigenvalue weighted by atomic mass is 35.5. The van der Waals surface area contributed by atoms with E-state index in [1.807, 2.05) is 25.2 Å². The molecule has 1 rings (SSSR count). The molecule has 0 heterocycles. The van der Waals surface area contributed by atoms with Gasteiger partial charge in [0.15, 0.2) is 0 Å². The van der Waals surface area contributed by atoms with Crippen molar-refractivity contribution < 1.29 is 4.74 Å². The van der Waals surface area contributed by atoms with Crippen molar-refractivity contribution in [3.05, 3.63) is 23.2 Å². The lowest BCUT2D eigenvalue weighted by atomic mass is 10.1. The lowest BCUT2D eigenvalue weighted by Crippen LogP contribution is -2.42. The van der Waals surface area contributed by atoms with Crippen molar-refractivity contribution in [2.45, 2.75) is 19.4 Å². The summed E-state index contributed by atoms with van der Waals surface area (Å²) in [5.74, 6) is 0.695. The SMILES string of the molecule is CNC(C)(C)CNc1ccc(OC)c(Cl)c1. The van der Waals surface area contributed by atoms with Gasteiger partial charge in [0.25, 0.3) is 0 Å². The molecule has 1 aromatic carbocycles. The second-order valence-corrected chi connectivity index (χ2v) is 4.74. The van der Waals surface area contributed by atoms with Gasteiger partial charge < -0.3 is 15.4 Å². The molecule has 4 heteroatoms. The minimum atomic E-state index is 0.0480. The second kappa shape index (κ2) is 5.41. The van der Waals surface area contributed by atoms with E-state index < -0.39 is 0 Å². The zero-order chi connectivity index (χ0) is 12.2. The highest BCUT2D eigenvalue weighted by molar-refractivity contribution is 6.32. The Kier molecular flexibility index (Phi) is 4.44. The van der Waals surface area contributed by atoms with Gasteiger partial charge in [-0.15, -0.1) is 0 Å². The third-order valence-corrected chi connectivity index (χ3v) is 2.86. The molecule has 0 saturated heterocycles. The van der Waals surface area contributed by atoms with E-state index in [0.29, 0.717) is 10.8 Å². The smallest absolute Gasteiger partial charge is 0.137 e. The number of anilines is 1. The van der Waals surface area contributed by atoms with Crippen molar-refractivity contribution in [3.8, 4) is 5.75 Å². The first-order valence-corrected chi connectivity index (χ1v) is 5.62. The molecule has 90 valence electrons. The Labute approximate surface area is 102 Å². The van der Waals surface area contributed by atoms with Gasteiger partial charge in [-0.2, -0.15) is 0 Å². The fraction of sp³-hybridized carbons (Fsp3) is 0.500. The number of hydrogen-bond donors (Lipinski definition) is 2. The highest BCUT2D eigenvalue weighted by Gasteiger charge is 2.13. The van der Waals surface area contributed by atoms with Crippen LogP contribution in [0.4, 0.5) is 5.69 Å². The van der Waals surface area contributed by atoms with Gasteiger partial charge in [0.05, 0.1) is 12.1 Å². The van der Waals surface area contributed by atoms with Crippen molar-refractivity contribution in [2.24, 2.45) is 0 Å². The molecule has 0 radical (unpaired) electrons. The minimum absolute atomic E-state index is 0.0480. The molecule has 0 aliphatic rings. The van der Waals surface area contributed by atoms with Gasteiger partial charge in [0.2, 0.25) is 0 Å². The number of methoxy groups -OCH3 is 1. The van der Waals surface area contributed by atoms with Gasteiger partial charge >= 0.3 is 0 Å². The van der Waals surface area contributed by atoms with Crippen LogP contribution in [0.2, 0.25) is 5.02 Å². The molecule has 3 nitrogen and oxygen atoms in total. The van der Waals surface area contributed by atoms with Crippen LogP contribution in [0.5, 0.6) is 5.75 Å². The molecule has 2 N–H and O–H groups in total. The van der Waals surface area contributed by atoms with Crippen LogP contribution in [0, 0.1) is 0 Å². The first kappa shape index (κ1) is 13.1. The van der Waals surface area contributed by atoms with Crippen molar-refractivity contribution in [3.63, 3.8) is 0 Å². The fourth-order valence-corrected chi connectivity index (χ4v) is 1.45. The van der Waals surface area contributed by atoms with Crippen LogP contribution < -0.4 is 15.4 Å². The number of ether oxygens (including phenoxy) is 1. The third-order valence-electron chi connectivity index (χ3n) is 2.56. The highest BCUT2D eigenvalue weighted by Crippen LogP contribution is 2.27. The molecule has 16 heavy (non-hydrogen) atoms. The number of rotatable bonds is 5. The summed E-state index contributed by atoms with van der Waals surface area (Å²) in [6.07, 6.45) is 0. The Bertz CT molecular complexity index is 353. The average molecular weight is 243 g/mol. The molecule has 0 spiro atoms. The molecule has 0 saturated carbocycles. The molecular formula is C12H19ClN2O.